The number of ether oxygens (including phenoxy) is 1. The zero-order valence-corrected chi connectivity index (χ0v) is 15.3. The van der Waals surface area contributed by atoms with Crippen LogP contribution < -0.4 is 5.32 Å². The molecule has 0 aromatic heterocycles. The van der Waals surface area contributed by atoms with E-state index in [1.54, 1.807) is 18.2 Å². The van der Waals surface area contributed by atoms with E-state index < -0.39 is 0 Å². The molecule has 2 aromatic carbocycles. The van der Waals surface area contributed by atoms with Gasteiger partial charge in [-0.3, -0.25) is 10.1 Å². The van der Waals surface area contributed by atoms with Crippen molar-refractivity contribution >= 4 is 28.9 Å². The average molecular weight is 385 g/mol. The number of benzene rings is 2. The lowest BCUT2D eigenvalue weighted by atomic mass is 9.76. The maximum Gasteiger partial charge on any atom is 0.337 e. The van der Waals surface area contributed by atoms with E-state index in [-0.39, 0.29) is 34.5 Å². The van der Waals surface area contributed by atoms with Crippen LogP contribution in [0.2, 0.25) is 5.02 Å². The molecule has 0 bridgehead atoms. The number of anilines is 1. The molecule has 2 aromatic rings. The maximum atomic E-state index is 11.7. The van der Waals surface area contributed by atoms with Crippen LogP contribution in [-0.2, 0) is 4.74 Å². The third-order valence-corrected chi connectivity index (χ3v) is 5.65. The van der Waals surface area contributed by atoms with Gasteiger partial charge in [0.05, 0.1) is 39.9 Å². The number of carbonyl (C=O) groups excluding carboxylic acids is 1. The first-order valence-corrected chi connectivity index (χ1v) is 8.97. The molecular weight excluding hydrogens is 368 g/mol. The quantitative estimate of drug-likeness (QED) is 0.353. The molecule has 0 spiro atoms. The molecule has 4 rings (SSSR count). The predicted octanol–water partition coefficient (Wildman–Crippen LogP) is 4.86. The van der Waals surface area contributed by atoms with E-state index in [0.717, 1.165) is 12.0 Å². The zero-order chi connectivity index (χ0) is 19.1. The molecule has 0 saturated carbocycles. The number of allylic oxidation sites excluding steroid dienone is 2. The molecule has 1 aliphatic carbocycles. The summed E-state index contributed by atoms with van der Waals surface area (Å²) in [4.78, 5) is 22.8. The number of nitrogens with zero attached hydrogens (tertiary/aromatic N) is 1. The number of carbonyl (C=O) groups is 1. The molecule has 6 nitrogen and oxygen atoms in total. The van der Waals surface area contributed by atoms with Crippen LogP contribution in [0.1, 0.15) is 39.9 Å². The van der Waals surface area contributed by atoms with Crippen molar-refractivity contribution in [1.29, 1.82) is 0 Å². The summed E-state index contributed by atoms with van der Waals surface area (Å²) < 4.78 is 4.74. The van der Waals surface area contributed by atoms with Gasteiger partial charge in [0, 0.05) is 12.0 Å². The van der Waals surface area contributed by atoms with Crippen molar-refractivity contribution < 1.29 is 14.5 Å². The van der Waals surface area contributed by atoms with E-state index in [0.29, 0.717) is 21.8 Å². The Bertz CT molecular complexity index is 955. The van der Waals surface area contributed by atoms with Gasteiger partial charge in [0.1, 0.15) is 0 Å². The largest absolute Gasteiger partial charge is 0.465 e. The van der Waals surface area contributed by atoms with Crippen molar-refractivity contribution in [3.63, 3.8) is 0 Å². The van der Waals surface area contributed by atoms with E-state index in [9.17, 15) is 14.9 Å². The number of esters is 1. The molecule has 2 aliphatic rings. The first-order chi connectivity index (χ1) is 13.0. The molecule has 1 heterocycles. The van der Waals surface area contributed by atoms with Crippen molar-refractivity contribution in [2.24, 2.45) is 5.92 Å². The first kappa shape index (κ1) is 17.5. The van der Waals surface area contributed by atoms with Crippen LogP contribution in [0.15, 0.2) is 48.6 Å². The standard InChI is InChI=1S/C20H17ClN2O4/c1-27-20(24)12-7-5-11(6-8-12)18-14-4-2-3-13(14)17-16(23(25)26)10-9-15(21)19(17)22-18/h2-3,5-10,13-14,18,22H,4H2,1H3/t13-,14-,18-/m0/s1. The Balaban J connectivity index is 1.77. The minimum Gasteiger partial charge on any atom is -0.465 e. The van der Waals surface area contributed by atoms with Gasteiger partial charge >= 0.3 is 5.97 Å². The molecule has 0 amide bonds. The van der Waals surface area contributed by atoms with Gasteiger partial charge in [-0.05, 0) is 36.1 Å². The highest BCUT2D eigenvalue weighted by Crippen LogP contribution is 2.54. The monoisotopic (exact) mass is 384 g/mol. The van der Waals surface area contributed by atoms with Crippen molar-refractivity contribution in [2.75, 3.05) is 12.4 Å². The first-order valence-electron chi connectivity index (χ1n) is 8.59. The van der Waals surface area contributed by atoms with Crippen molar-refractivity contribution in [1.82, 2.24) is 0 Å². The van der Waals surface area contributed by atoms with Gasteiger partial charge in [-0.25, -0.2) is 4.79 Å². The molecule has 27 heavy (non-hydrogen) atoms. The molecule has 0 unspecified atom stereocenters. The van der Waals surface area contributed by atoms with Crippen molar-refractivity contribution in [3.8, 4) is 0 Å². The number of hydrogen-bond donors (Lipinski definition) is 1. The number of methoxy groups -OCH3 is 1. The van der Waals surface area contributed by atoms with E-state index in [4.69, 9.17) is 16.3 Å². The maximum absolute atomic E-state index is 11.7. The molecule has 1 aliphatic heterocycles. The summed E-state index contributed by atoms with van der Waals surface area (Å²) in [6, 6.07) is 10.2. The Morgan fingerprint density at radius 3 is 2.67 bits per heavy atom. The molecule has 0 radical (unpaired) electrons. The number of nitro groups is 1. The average Bonchev–Trinajstić information content (AvgIpc) is 3.17. The van der Waals surface area contributed by atoms with E-state index in [2.05, 4.69) is 11.4 Å². The smallest absolute Gasteiger partial charge is 0.337 e. The summed E-state index contributed by atoms with van der Waals surface area (Å²) in [5.41, 5.74) is 2.82. The molecule has 1 N–H and O–H groups in total. The Hall–Kier alpha value is -2.86. The SMILES string of the molecule is COC(=O)c1ccc([C@@H]2Nc3c(Cl)ccc([N+](=O)[O-])c3[C@H]3C=CC[C@@H]32)cc1. The van der Waals surface area contributed by atoms with Gasteiger partial charge in [-0.2, -0.15) is 0 Å². The minimum atomic E-state index is -0.387. The van der Waals surface area contributed by atoms with Gasteiger partial charge < -0.3 is 10.1 Å². The highest BCUT2D eigenvalue weighted by molar-refractivity contribution is 6.33. The summed E-state index contributed by atoms with van der Waals surface area (Å²) in [7, 11) is 1.35. The Morgan fingerprint density at radius 1 is 1.26 bits per heavy atom. The number of hydrogen-bond acceptors (Lipinski definition) is 5. The zero-order valence-electron chi connectivity index (χ0n) is 14.5. The molecule has 0 saturated heterocycles. The van der Waals surface area contributed by atoms with Crippen LogP contribution in [0.25, 0.3) is 0 Å². The summed E-state index contributed by atoms with van der Waals surface area (Å²) in [5.74, 6) is -0.327. The normalized spacial score (nSPS) is 22.5. The molecule has 0 fully saturated rings. The van der Waals surface area contributed by atoms with Crippen LogP contribution in [0.4, 0.5) is 11.4 Å². The topological polar surface area (TPSA) is 81.5 Å². The van der Waals surface area contributed by atoms with Crippen LogP contribution >= 0.6 is 11.6 Å². The second-order valence-electron chi connectivity index (χ2n) is 6.70. The number of fused-ring (bicyclic) bond motifs is 3. The number of rotatable bonds is 3. The van der Waals surface area contributed by atoms with Gasteiger partial charge in [-0.1, -0.05) is 35.9 Å². The van der Waals surface area contributed by atoms with Gasteiger partial charge in [-0.15, -0.1) is 0 Å². The van der Waals surface area contributed by atoms with Crippen LogP contribution in [-0.4, -0.2) is 18.0 Å². The van der Waals surface area contributed by atoms with E-state index in [1.807, 2.05) is 18.2 Å². The van der Waals surface area contributed by atoms with Gasteiger partial charge in [0.25, 0.3) is 5.69 Å². The number of nitro benzene ring substituents is 1. The third kappa shape index (κ3) is 2.86. The summed E-state index contributed by atoms with van der Waals surface area (Å²) in [5, 5.41) is 15.4. The highest BCUT2D eigenvalue weighted by Gasteiger charge is 2.42. The lowest BCUT2D eigenvalue weighted by Gasteiger charge is -2.37. The highest BCUT2D eigenvalue weighted by atomic mass is 35.5. The van der Waals surface area contributed by atoms with Crippen molar-refractivity contribution in [3.05, 3.63) is 80.4 Å². The van der Waals surface area contributed by atoms with E-state index in [1.165, 1.54) is 13.2 Å². The van der Waals surface area contributed by atoms with Crippen molar-refractivity contribution in [2.45, 2.75) is 18.4 Å². The second kappa shape index (κ2) is 6.70. The number of halogens is 1. The molecule has 7 heteroatoms. The van der Waals surface area contributed by atoms with Crippen LogP contribution in [0, 0.1) is 16.0 Å². The summed E-state index contributed by atoms with van der Waals surface area (Å²) in [6.45, 7) is 0. The molecule has 3 atom stereocenters. The fourth-order valence-corrected chi connectivity index (χ4v) is 4.31. The van der Waals surface area contributed by atoms with Gasteiger partial charge in [0.15, 0.2) is 0 Å². The Labute approximate surface area is 160 Å². The predicted molar refractivity (Wildman–Crippen MR) is 102 cm³/mol. The summed E-state index contributed by atoms with van der Waals surface area (Å²) in [6.07, 6.45) is 4.90. The fraction of sp³-hybridized carbons (Fsp3) is 0.250. The van der Waals surface area contributed by atoms with E-state index >= 15 is 0 Å². The lowest BCUT2D eigenvalue weighted by molar-refractivity contribution is -0.385. The van der Waals surface area contributed by atoms with Crippen LogP contribution in [0.5, 0.6) is 0 Å². The lowest BCUT2D eigenvalue weighted by Crippen LogP contribution is -2.30. The second-order valence-corrected chi connectivity index (χ2v) is 7.11. The fourth-order valence-electron chi connectivity index (χ4n) is 4.09. The Kier molecular flexibility index (Phi) is 4.36. The third-order valence-electron chi connectivity index (χ3n) is 5.33. The van der Waals surface area contributed by atoms with Gasteiger partial charge in [0.2, 0.25) is 0 Å². The van der Waals surface area contributed by atoms with Crippen LogP contribution in [0.3, 0.4) is 0 Å². The Morgan fingerprint density at radius 2 is 2.00 bits per heavy atom. The summed E-state index contributed by atoms with van der Waals surface area (Å²) >= 11 is 6.38. The molecule has 138 valence electrons. The minimum absolute atomic E-state index is 0.0660. The number of nitrogens with one attached hydrogen (secondary N) is 1. The molecular formula is C20H17ClN2O4.